The van der Waals surface area contributed by atoms with Crippen LogP contribution in [0.4, 0.5) is 18.9 Å². The summed E-state index contributed by atoms with van der Waals surface area (Å²) in [7, 11) is 0. The largest absolute Gasteiger partial charge is 0.573 e. The quantitative estimate of drug-likeness (QED) is 0.631. The minimum absolute atomic E-state index is 0.167. The summed E-state index contributed by atoms with van der Waals surface area (Å²) < 4.78 is 45.6. The number of carbonyl (C=O) groups is 1. The number of hydrogen-bond acceptors (Lipinski definition) is 4. The van der Waals surface area contributed by atoms with Gasteiger partial charge in [0.1, 0.15) is 49.9 Å². The highest BCUT2D eigenvalue weighted by Gasteiger charge is 2.32. The van der Waals surface area contributed by atoms with Crippen LogP contribution in [-0.4, -0.2) is 49.6 Å². The third kappa shape index (κ3) is 6.20. The third-order valence-corrected chi connectivity index (χ3v) is 5.07. The van der Waals surface area contributed by atoms with Crippen molar-refractivity contribution in [2.24, 2.45) is 0 Å². The summed E-state index contributed by atoms with van der Waals surface area (Å²) >= 11 is 0. The molecule has 0 bridgehead atoms. The Bertz CT molecular complexity index is 815. The fourth-order valence-corrected chi connectivity index (χ4v) is 3.47. The first kappa shape index (κ1) is 21.1. The Kier molecular flexibility index (Phi) is 6.43. The molecule has 3 rings (SSSR count). The molecule has 1 atom stereocenters. The number of nitrogens with zero attached hydrogens (tertiary/aromatic N) is 1. The molecule has 2 aromatic rings. The van der Waals surface area contributed by atoms with Crippen molar-refractivity contribution in [2.75, 3.05) is 31.5 Å². The number of aryl methyl sites for hydroxylation is 1. The van der Waals surface area contributed by atoms with E-state index < -0.39 is 6.36 Å². The molecule has 1 fully saturated rings. The molecule has 29 heavy (non-hydrogen) atoms. The van der Waals surface area contributed by atoms with Gasteiger partial charge < -0.3 is 24.4 Å². The number of quaternary nitrogens is 2. The number of alkyl halides is 3. The number of nitrogens with one attached hydrogen (secondary N) is 3. The van der Waals surface area contributed by atoms with Crippen molar-refractivity contribution in [2.45, 2.75) is 32.8 Å². The van der Waals surface area contributed by atoms with Crippen LogP contribution in [0.3, 0.4) is 0 Å². The van der Waals surface area contributed by atoms with Gasteiger partial charge in [-0.05, 0) is 38.1 Å². The van der Waals surface area contributed by atoms with E-state index in [0.29, 0.717) is 5.69 Å². The molecule has 7 nitrogen and oxygen atoms in total. The zero-order chi connectivity index (χ0) is 21.0. The number of aromatic nitrogens is 1. The van der Waals surface area contributed by atoms with Gasteiger partial charge in [-0.15, -0.1) is 13.2 Å². The molecule has 0 radical (unpaired) electrons. The summed E-state index contributed by atoms with van der Waals surface area (Å²) in [6.07, 6.45) is -4.74. The van der Waals surface area contributed by atoms with Gasteiger partial charge >= 0.3 is 6.36 Å². The van der Waals surface area contributed by atoms with Crippen molar-refractivity contribution in [1.82, 2.24) is 5.16 Å². The van der Waals surface area contributed by atoms with Gasteiger partial charge in [-0.2, -0.15) is 0 Å². The van der Waals surface area contributed by atoms with Gasteiger partial charge in [-0.3, -0.25) is 4.79 Å². The van der Waals surface area contributed by atoms with Crippen LogP contribution in [0.1, 0.15) is 18.4 Å². The molecule has 1 amide bonds. The monoisotopic (exact) mass is 414 g/mol. The van der Waals surface area contributed by atoms with E-state index in [1.54, 1.807) is 0 Å². The number of amides is 1. The molecule has 10 heteroatoms. The maximum Gasteiger partial charge on any atom is 0.573 e. The minimum atomic E-state index is -4.74. The van der Waals surface area contributed by atoms with E-state index in [1.165, 1.54) is 34.1 Å². The number of halogens is 3. The summed E-state index contributed by atoms with van der Waals surface area (Å²) in [5.74, 6) is 0.308. The third-order valence-electron chi connectivity index (χ3n) is 5.07. The van der Waals surface area contributed by atoms with Gasteiger partial charge in [0.15, 0.2) is 6.04 Å². The number of rotatable bonds is 6. The van der Waals surface area contributed by atoms with Crippen molar-refractivity contribution in [1.29, 1.82) is 0 Å². The van der Waals surface area contributed by atoms with E-state index in [4.69, 9.17) is 4.52 Å². The predicted molar refractivity (Wildman–Crippen MR) is 97.6 cm³/mol. The lowest BCUT2D eigenvalue weighted by Gasteiger charge is -2.32. The first-order chi connectivity index (χ1) is 13.7. The van der Waals surface area contributed by atoms with Crippen molar-refractivity contribution >= 4 is 11.6 Å². The predicted octanol–water partition coefficient (Wildman–Crippen LogP) is 0.192. The van der Waals surface area contributed by atoms with E-state index in [2.05, 4.69) is 15.2 Å². The highest BCUT2D eigenvalue weighted by atomic mass is 19.4. The highest BCUT2D eigenvalue weighted by Crippen LogP contribution is 2.23. The lowest BCUT2D eigenvalue weighted by atomic mass is 10.2. The van der Waals surface area contributed by atoms with Gasteiger partial charge in [0.25, 0.3) is 5.91 Å². The molecule has 0 spiro atoms. The van der Waals surface area contributed by atoms with Crippen molar-refractivity contribution in [3.05, 3.63) is 41.8 Å². The number of anilines is 1. The van der Waals surface area contributed by atoms with Crippen molar-refractivity contribution < 1.29 is 37.0 Å². The summed E-state index contributed by atoms with van der Waals surface area (Å²) in [6.45, 7) is 8.06. The van der Waals surface area contributed by atoms with Gasteiger partial charge in [0.05, 0.1) is 0 Å². The maximum atomic E-state index is 12.5. The zero-order valence-electron chi connectivity index (χ0n) is 16.3. The second kappa shape index (κ2) is 8.83. The average Bonchev–Trinajstić information content (AvgIpc) is 3.07. The molecule has 1 aliphatic heterocycles. The number of ether oxygens (including phenoxy) is 1. The van der Waals surface area contributed by atoms with E-state index in [1.807, 2.05) is 19.9 Å². The molecule has 1 aromatic carbocycles. The second-order valence-electron chi connectivity index (χ2n) is 7.30. The van der Waals surface area contributed by atoms with E-state index in [-0.39, 0.29) is 17.7 Å². The topological polar surface area (TPSA) is 73.2 Å². The van der Waals surface area contributed by atoms with Crippen molar-refractivity contribution in [3.63, 3.8) is 0 Å². The second-order valence-corrected chi connectivity index (χ2v) is 7.30. The van der Waals surface area contributed by atoms with E-state index >= 15 is 0 Å². The van der Waals surface area contributed by atoms with E-state index in [9.17, 15) is 18.0 Å². The first-order valence-corrected chi connectivity index (χ1v) is 9.46. The zero-order valence-corrected chi connectivity index (χ0v) is 16.3. The minimum Gasteiger partial charge on any atom is -0.406 e. The van der Waals surface area contributed by atoms with Crippen LogP contribution in [0.15, 0.2) is 34.9 Å². The molecule has 0 aliphatic carbocycles. The standard InChI is InChI=1S/C19H23F3N4O3/c1-13-11-16(24-29-13)12-25-7-9-26(10-8-25)14(2)18(27)23-15-3-5-17(6-4-15)28-19(20,21)22/h3-6,11,14H,7-10,12H2,1-2H3,(H,23,27)/p+2/t14-/m1/s1. The number of hydrogen-bond donors (Lipinski definition) is 3. The van der Waals surface area contributed by atoms with Crippen LogP contribution in [-0.2, 0) is 11.3 Å². The van der Waals surface area contributed by atoms with Gasteiger partial charge in [-0.1, -0.05) is 5.16 Å². The highest BCUT2D eigenvalue weighted by molar-refractivity contribution is 5.93. The summed E-state index contributed by atoms with van der Waals surface area (Å²) in [5.41, 5.74) is 1.37. The smallest absolute Gasteiger partial charge is 0.406 e. The molecular formula is C19H25F3N4O3+2. The fourth-order valence-electron chi connectivity index (χ4n) is 3.47. The van der Waals surface area contributed by atoms with Gasteiger partial charge in [0, 0.05) is 11.8 Å². The molecule has 1 aromatic heterocycles. The Morgan fingerprint density at radius 1 is 1.24 bits per heavy atom. The van der Waals surface area contributed by atoms with Crippen molar-refractivity contribution in [3.8, 4) is 5.75 Å². The lowest BCUT2D eigenvalue weighted by molar-refractivity contribution is -1.02. The SMILES string of the molecule is Cc1cc(C[NH+]2CC[NH+]([C@H](C)C(=O)Nc3ccc(OC(F)(F)F)cc3)CC2)no1. The van der Waals surface area contributed by atoms with Gasteiger partial charge in [-0.25, -0.2) is 0 Å². The molecule has 3 N–H and O–H groups in total. The first-order valence-electron chi connectivity index (χ1n) is 9.46. The average molecular weight is 414 g/mol. The summed E-state index contributed by atoms with van der Waals surface area (Å²) in [5, 5.41) is 6.78. The van der Waals surface area contributed by atoms with Crippen LogP contribution in [0, 0.1) is 6.92 Å². The Hall–Kier alpha value is -2.59. The Balaban J connectivity index is 1.46. The Morgan fingerprint density at radius 2 is 1.90 bits per heavy atom. The molecule has 0 saturated carbocycles. The molecular weight excluding hydrogens is 389 g/mol. The summed E-state index contributed by atoms with van der Waals surface area (Å²) in [6, 6.07) is 6.80. The Labute approximate surface area is 166 Å². The van der Waals surface area contributed by atoms with E-state index in [0.717, 1.165) is 44.2 Å². The van der Waals surface area contributed by atoms with Crippen LogP contribution >= 0.6 is 0 Å². The maximum absolute atomic E-state index is 12.5. The molecule has 1 aliphatic rings. The number of benzene rings is 1. The normalized spacial score (nSPS) is 20.9. The molecule has 158 valence electrons. The fraction of sp³-hybridized carbons (Fsp3) is 0.474. The molecule has 1 saturated heterocycles. The van der Waals surface area contributed by atoms with Crippen LogP contribution < -0.4 is 19.9 Å². The van der Waals surface area contributed by atoms with Crippen LogP contribution in [0.5, 0.6) is 5.75 Å². The Morgan fingerprint density at radius 3 is 2.45 bits per heavy atom. The molecule has 0 unspecified atom stereocenters. The van der Waals surface area contributed by atoms with Crippen LogP contribution in [0.25, 0.3) is 0 Å². The van der Waals surface area contributed by atoms with Crippen LogP contribution in [0.2, 0.25) is 0 Å². The van der Waals surface area contributed by atoms with Gasteiger partial charge in [0.2, 0.25) is 0 Å². The number of carbonyl (C=O) groups excluding carboxylic acids is 1. The molecule has 2 heterocycles. The summed E-state index contributed by atoms with van der Waals surface area (Å²) in [4.78, 5) is 15.1. The number of piperazine rings is 1. The lowest BCUT2D eigenvalue weighted by Crippen LogP contribution is -3.29.